The van der Waals surface area contributed by atoms with E-state index in [0.29, 0.717) is 17.4 Å². The van der Waals surface area contributed by atoms with Gasteiger partial charge in [-0.05, 0) is 24.8 Å². The summed E-state index contributed by atoms with van der Waals surface area (Å²) in [4.78, 5) is 8.44. The Bertz CT molecular complexity index is 613. The molecule has 2 aromatic rings. The standard InChI is InChI=1S/C17H20ClN3O/c1-2-14-16(18)17(20-11-19-14)21-13-8-9-15(22-10-13)12-6-4-3-5-7-12/h3-7,11,13,15H,2,8-10H2,1H3,(H,19,20,21). The topological polar surface area (TPSA) is 47.0 Å². The second-order valence-corrected chi connectivity index (χ2v) is 5.87. The SMILES string of the molecule is CCc1ncnc(NC2CCC(c3ccccc3)OC2)c1Cl. The van der Waals surface area contributed by atoms with E-state index in [2.05, 4.69) is 39.6 Å². The summed E-state index contributed by atoms with van der Waals surface area (Å²) in [5.74, 6) is 0.709. The molecule has 0 saturated carbocycles. The maximum atomic E-state index is 6.32. The Balaban J connectivity index is 1.61. The second-order valence-electron chi connectivity index (χ2n) is 5.49. The molecule has 1 fully saturated rings. The van der Waals surface area contributed by atoms with Crippen molar-refractivity contribution < 1.29 is 4.74 Å². The maximum absolute atomic E-state index is 6.32. The molecule has 0 amide bonds. The third-order valence-corrected chi connectivity index (χ3v) is 4.38. The molecule has 0 spiro atoms. The summed E-state index contributed by atoms with van der Waals surface area (Å²) in [6.45, 7) is 2.69. The van der Waals surface area contributed by atoms with Crippen molar-refractivity contribution in [3.63, 3.8) is 0 Å². The molecule has 2 atom stereocenters. The first kappa shape index (κ1) is 15.3. The number of aromatic nitrogens is 2. The van der Waals surface area contributed by atoms with E-state index in [-0.39, 0.29) is 12.1 Å². The summed E-state index contributed by atoms with van der Waals surface area (Å²) in [6, 6.07) is 10.6. The first-order valence-electron chi connectivity index (χ1n) is 7.70. The van der Waals surface area contributed by atoms with Crippen molar-refractivity contribution in [2.24, 2.45) is 0 Å². The van der Waals surface area contributed by atoms with Gasteiger partial charge in [0.15, 0.2) is 0 Å². The number of halogens is 1. The molecule has 0 bridgehead atoms. The van der Waals surface area contributed by atoms with E-state index in [9.17, 15) is 0 Å². The Morgan fingerprint density at radius 3 is 2.73 bits per heavy atom. The highest BCUT2D eigenvalue weighted by molar-refractivity contribution is 6.33. The number of nitrogens with zero attached hydrogens (tertiary/aromatic N) is 2. The molecule has 0 radical (unpaired) electrons. The molecular formula is C17H20ClN3O. The monoisotopic (exact) mass is 317 g/mol. The van der Waals surface area contributed by atoms with Gasteiger partial charge in [0.25, 0.3) is 0 Å². The van der Waals surface area contributed by atoms with Crippen LogP contribution >= 0.6 is 11.6 Å². The van der Waals surface area contributed by atoms with Gasteiger partial charge in [-0.25, -0.2) is 9.97 Å². The van der Waals surface area contributed by atoms with Crippen molar-refractivity contribution in [3.05, 3.63) is 52.9 Å². The van der Waals surface area contributed by atoms with Crippen molar-refractivity contribution >= 4 is 17.4 Å². The molecule has 1 aliphatic rings. The van der Waals surface area contributed by atoms with Crippen LogP contribution in [0.2, 0.25) is 5.02 Å². The second kappa shape index (κ2) is 7.07. The average Bonchev–Trinajstić information content (AvgIpc) is 2.58. The van der Waals surface area contributed by atoms with Crippen LogP contribution in [-0.4, -0.2) is 22.6 Å². The number of benzene rings is 1. The Kier molecular flexibility index (Phi) is 4.90. The van der Waals surface area contributed by atoms with Gasteiger partial charge in [0.1, 0.15) is 17.2 Å². The first-order chi connectivity index (χ1) is 10.8. The molecule has 3 rings (SSSR count). The number of hydrogen-bond acceptors (Lipinski definition) is 4. The highest BCUT2D eigenvalue weighted by Crippen LogP contribution is 2.30. The number of hydrogen-bond donors (Lipinski definition) is 1. The molecule has 1 saturated heterocycles. The predicted molar refractivity (Wildman–Crippen MR) is 88.2 cm³/mol. The molecular weight excluding hydrogens is 298 g/mol. The van der Waals surface area contributed by atoms with E-state index in [4.69, 9.17) is 16.3 Å². The number of rotatable bonds is 4. The van der Waals surface area contributed by atoms with E-state index >= 15 is 0 Å². The lowest BCUT2D eigenvalue weighted by atomic mass is 9.99. The minimum absolute atomic E-state index is 0.186. The van der Waals surface area contributed by atoms with Crippen molar-refractivity contribution in [3.8, 4) is 0 Å². The highest BCUT2D eigenvalue weighted by Gasteiger charge is 2.23. The lowest BCUT2D eigenvalue weighted by Gasteiger charge is -2.30. The summed E-state index contributed by atoms with van der Waals surface area (Å²) in [7, 11) is 0. The van der Waals surface area contributed by atoms with Gasteiger partial charge in [-0.2, -0.15) is 0 Å². The zero-order valence-electron chi connectivity index (χ0n) is 12.6. The largest absolute Gasteiger partial charge is 0.371 e. The molecule has 116 valence electrons. The van der Waals surface area contributed by atoms with Gasteiger partial charge in [0, 0.05) is 0 Å². The van der Waals surface area contributed by atoms with E-state index in [0.717, 1.165) is 25.0 Å². The quantitative estimate of drug-likeness (QED) is 0.925. The minimum atomic E-state index is 0.186. The molecule has 1 N–H and O–H groups in total. The maximum Gasteiger partial charge on any atom is 0.148 e. The normalized spacial score (nSPS) is 21.5. The fourth-order valence-corrected chi connectivity index (χ4v) is 3.03. The van der Waals surface area contributed by atoms with Gasteiger partial charge < -0.3 is 10.1 Å². The number of ether oxygens (including phenoxy) is 1. The summed E-state index contributed by atoms with van der Waals surface area (Å²) < 4.78 is 6.00. The van der Waals surface area contributed by atoms with Crippen LogP contribution in [0.25, 0.3) is 0 Å². The number of aryl methyl sites for hydroxylation is 1. The molecule has 1 aromatic carbocycles. The minimum Gasteiger partial charge on any atom is -0.371 e. The number of anilines is 1. The Hall–Kier alpha value is -1.65. The van der Waals surface area contributed by atoms with Gasteiger partial charge in [0.05, 0.1) is 24.4 Å². The van der Waals surface area contributed by atoms with Crippen LogP contribution in [0, 0.1) is 0 Å². The molecule has 0 aliphatic carbocycles. The third kappa shape index (κ3) is 3.39. The van der Waals surface area contributed by atoms with Gasteiger partial charge in [0.2, 0.25) is 0 Å². The highest BCUT2D eigenvalue weighted by atomic mass is 35.5. The molecule has 22 heavy (non-hydrogen) atoms. The van der Waals surface area contributed by atoms with Crippen LogP contribution in [0.3, 0.4) is 0 Å². The lowest BCUT2D eigenvalue weighted by molar-refractivity contribution is 0.00810. The van der Waals surface area contributed by atoms with Gasteiger partial charge in [-0.3, -0.25) is 0 Å². The van der Waals surface area contributed by atoms with E-state index in [1.54, 1.807) is 6.33 Å². The van der Waals surface area contributed by atoms with Gasteiger partial charge in [-0.15, -0.1) is 0 Å². The van der Waals surface area contributed by atoms with Crippen molar-refractivity contribution in [2.75, 3.05) is 11.9 Å². The summed E-state index contributed by atoms with van der Waals surface area (Å²) in [5.41, 5.74) is 2.12. The molecule has 1 aliphatic heterocycles. The fraction of sp³-hybridized carbons (Fsp3) is 0.412. The summed E-state index contributed by atoms with van der Waals surface area (Å²) in [5, 5.41) is 4.01. The van der Waals surface area contributed by atoms with Gasteiger partial charge in [-0.1, -0.05) is 48.9 Å². The van der Waals surface area contributed by atoms with Crippen LogP contribution in [0.5, 0.6) is 0 Å². The molecule has 2 heterocycles. The molecule has 5 heteroatoms. The Labute approximate surface area is 135 Å². The van der Waals surface area contributed by atoms with Crippen LogP contribution in [0.4, 0.5) is 5.82 Å². The zero-order chi connectivity index (χ0) is 15.4. The predicted octanol–water partition coefficient (Wildman–Crippen LogP) is 4.02. The fourth-order valence-electron chi connectivity index (χ4n) is 2.74. The molecule has 4 nitrogen and oxygen atoms in total. The van der Waals surface area contributed by atoms with Crippen LogP contribution < -0.4 is 5.32 Å². The number of nitrogens with one attached hydrogen (secondary N) is 1. The Morgan fingerprint density at radius 1 is 1.23 bits per heavy atom. The third-order valence-electron chi connectivity index (χ3n) is 3.98. The first-order valence-corrected chi connectivity index (χ1v) is 8.08. The van der Waals surface area contributed by atoms with Crippen molar-refractivity contribution in [1.82, 2.24) is 9.97 Å². The molecule has 1 aromatic heterocycles. The summed E-state index contributed by atoms with van der Waals surface area (Å²) >= 11 is 6.32. The Morgan fingerprint density at radius 2 is 2.05 bits per heavy atom. The molecule has 2 unspecified atom stereocenters. The van der Waals surface area contributed by atoms with E-state index in [1.807, 2.05) is 13.0 Å². The average molecular weight is 318 g/mol. The lowest BCUT2D eigenvalue weighted by Crippen LogP contribution is -2.32. The zero-order valence-corrected chi connectivity index (χ0v) is 13.4. The van der Waals surface area contributed by atoms with Crippen molar-refractivity contribution in [2.45, 2.75) is 38.3 Å². The van der Waals surface area contributed by atoms with E-state index in [1.165, 1.54) is 5.56 Å². The van der Waals surface area contributed by atoms with Crippen molar-refractivity contribution in [1.29, 1.82) is 0 Å². The van der Waals surface area contributed by atoms with Gasteiger partial charge >= 0.3 is 0 Å². The van der Waals surface area contributed by atoms with Crippen LogP contribution in [0.15, 0.2) is 36.7 Å². The summed E-state index contributed by atoms with van der Waals surface area (Å²) in [6.07, 6.45) is 4.56. The van der Waals surface area contributed by atoms with Crippen LogP contribution in [-0.2, 0) is 11.2 Å². The smallest absolute Gasteiger partial charge is 0.148 e. The van der Waals surface area contributed by atoms with E-state index < -0.39 is 0 Å². The van der Waals surface area contributed by atoms with Crippen LogP contribution in [0.1, 0.15) is 37.1 Å².